The molecule has 2 rings (SSSR count). The molecule has 4 nitrogen and oxygen atoms in total. The Kier molecular flexibility index (Phi) is 5.29. The molecule has 0 aromatic heterocycles. The normalized spacial score (nSPS) is 29.7. The van der Waals surface area contributed by atoms with Crippen LogP contribution in [0.25, 0.3) is 0 Å². The summed E-state index contributed by atoms with van der Waals surface area (Å²) >= 11 is 0. The summed E-state index contributed by atoms with van der Waals surface area (Å²) in [7, 11) is 0. The van der Waals surface area contributed by atoms with Crippen LogP contribution in [-0.4, -0.2) is 41.8 Å². The molecule has 2 amide bonds. The highest BCUT2D eigenvalue weighted by molar-refractivity contribution is 5.74. The predicted molar refractivity (Wildman–Crippen MR) is 71.4 cm³/mol. The first-order valence-corrected chi connectivity index (χ1v) is 7.46. The van der Waals surface area contributed by atoms with Crippen LogP contribution in [0.5, 0.6) is 0 Å². The minimum absolute atomic E-state index is 0.0944. The number of likely N-dealkylation sites (tertiary alicyclic amines) is 1. The third-order valence-electron chi connectivity index (χ3n) is 4.19. The molecule has 2 aliphatic rings. The topological polar surface area (TPSA) is 52.6 Å². The molecular weight excluding hydrogens is 228 g/mol. The van der Waals surface area contributed by atoms with Crippen LogP contribution in [0.15, 0.2) is 0 Å². The lowest BCUT2D eigenvalue weighted by Gasteiger charge is -2.27. The molecule has 1 saturated carbocycles. The fraction of sp³-hybridized carbons (Fsp3) is 0.929. The molecule has 0 bridgehead atoms. The number of aliphatic hydroxyl groups excluding tert-OH is 1. The summed E-state index contributed by atoms with van der Waals surface area (Å²) in [6.45, 7) is 2.53. The van der Waals surface area contributed by atoms with Gasteiger partial charge in [0.25, 0.3) is 0 Å². The Morgan fingerprint density at radius 1 is 1.11 bits per heavy atom. The van der Waals surface area contributed by atoms with Gasteiger partial charge in [0.15, 0.2) is 0 Å². The summed E-state index contributed by atoms with van der Waals surface area (Å²) in [6, 6.07) is 0.0944. The molecule has 104 valence electrons. The van der Waals surface area contributed by atoms with E-state index in [1.807, 2.05) is 4.90 Å². The molecule has 4 heteroatoms. The number of amides is 2. The first-order chi connectivity index (χ1) is 8.75. The average Bonchev–Trinajstić information content (AvgIpc) is 2.65. The minimum Gasteiger partial charge on any atom is -0.393 e. The molecular formula is C14H26N2O2. The lowest BCUT2D eigenvalue weighted by Crippen LogP contribution is -2.43. The van der Waals surface area contributed by atoms with E-state index in [-0.39, 0.29) is 12.1 Å². The Hall–Kier alpha value is -0.770. The molecule has 2 atom stereocenters. The number of rotatable bonds is 2. The van der Waals surface area contributed by atoms with Crippen LogP contribution < -0.4 is 5.32 Å². The van der Waals surface area contributed by atoms with Crippen molar-refractivity contribution in [1.82, 2.24) is 10.2 Å². The molecule has 0 aromatic rings. The Morgan fingerprint density at radius 3 is 2.50 bits per heavy atom. The van der Waals surface area contributed by atoms with Crippen LogP contribution >= 0.6 is 0 Å². The number of carbonyl (C=O) groups excluding carboxylic acids is 1. The summed E-state index contributed by atoms with van der Waals surface area (Å²) in [6.07, 6.45) is 8.61. The summed E-state index contributed by atoms with van der Waals surface area (Å²) in [5.41, 5.74) is 0. The molecule has 1 heterocycles. The zero-order valence-corrected chi connectivity index (χ0v) is 11.2. The van der Waals surface area contributed by atoms with E-state index in [0.717, 1.165) is 58.2 Å². The van der Waals surface area contributed by atoms with Gasteiger partial charge in [-0.05, 0) is 38.0 Å². The highest BCUT2D eigenvalue weighted by atomic mass is 16.3. The van der Waals surface area contributed by atoms with Gasteiger partial charge in [-0.2, -0.15) is 0 Å². The molecule has 2 fully saturated rings. The van der Waals surface area contributed by atoms with E-state index in [2.05, 4.69) is 5.32 Å². The van der Waals surface area contributed by atoms with Gasteiger partial charge in [0.2, 0.25) is 0 Å². The van der Waals surface area contributed by atoms with Gasteiger partial charge in [-0.3, -0.25) is 0 Å². The maximum Gasteiger partial charge on any atom is 0.317 e. The van der Waals surface area contributed by atoms with E-state index < -0.39 is 0 Å². The zero-order valence-electron chi connectivity index (χ0n) is 11.2. The van der Waals surface area contributed by atoms with Crippen molar-refractivity contribution in [2.75, 3.05) is 19.6 Å². The molecule has 1 aliphatic heterocycles. The molecule has 2 unspecified atom stereocenters. The van der Waals surface area contributed by atoms with Crippen molar-refractivity contribution in [2.24, 2.45) is 5.92 Å². The van der Waals surface area contributed by atoms with Crippen LogP contribution in [0.3, 0.4) is 0 Å². The average molecular weight is 254 g/mol. The summed E-state index contributed by atoms with van der Waals surface area (Å²) in [4.78, 5) is 14.0. The third kappa shape index (κ3) is 4.16. The van der Waals surface area contributed by atoms with Crippen LogP contribution in [-0.2, 0) is 0 Å². The first-order valence-electron chi connectivity index (χ1n) is 7.46. The van der Waals surface area contributed by atoms with Crippen LogP contribution in [0.4, 0.5) is 4.79 Å². The van der Waals surface area contributed by atoms with Crippen LogP contribution in [0.2, 0.25) is 0 Å². The van der Waals surface area contributed by atoms with Crippen molar-refractivity contribution < 1.29 is 9.90 Å². The van der Waals surface area contributed by atoms with Crippen molar-refractivity contribution in [3.05, 3.63) is 0 Å². The Morgan fingerprint density at radius 2 is 1.83 bits per heavy atom. The SMILES string of the molecule is O=C(NCC1CCCC(O)C1)N1CCCCCC1. The molecule has 1 aliphatic carbocycles. The summed E-state index contributed by atoms with van der Waals surface area (Å²) < 4.78 is 0. The molecule has 2 N–H and O–H groups in total. The van der Waals surface area contributed by atoms with Crippen molar-refractivity contribution in [3.8, 4) is 0 Å². The van der Waals surface area contributed by atoms with Gasteiger partial charge < -0.3 is 15.3 Å². The minimum atomic E-state index is -0.154. The second-order valence-corrected chi connectivity index (χ2v) is 5.77. The van der Waals surface area contributed by atoms with Gasteiger partial charge in [-0.25, -0.2) is 4.79 Å². The number of hydrogen-bond donors (Lipinski definition) is 2. The van der Waals surface area contributed by atoms with E-state index >= 15 is 0 Å². The Balaban J connectivity index is 1.70. The maximum absolute atomic E-state index is 12.0. The van der Waals surface area contributed by atoms with Gasteiger partial charge in [-0.1, -0.05) is 19.3 Å². The van der Waals surface area contributed by atoms with E-state index in [4.69, 9.17) is 0 Å². The first kappa shape index (κ1) is 13.7. The number of aliphatic hydroxyl groups is 1. The van der Waals surface area contributed by atoms with Gasteiger partial charge in [0.1, 0.15) is 0 Å². The Labute approximate surface area is 110 Å². The van der Waals surface area contributed by atoms with Crippen LogP contribution in [0.1, 0.15) is 51.4 Å². The lowest BCUT2D eigenvalue weighted by molar-refractivity contribution is 0.100. The second kappa shape index (κ2) is 6.98. The van der Waals surface area contributed by atoms with E-state index in [1.54, 1.807) is 0 Å². The maximum atomic E-state index is 12.0. The molecule has 0 spiro atoms. The number of carbonyl (C=O) groups is 1. The highest BCUT2D eigenvalue weighted by Crippen LogP contribution is 2.23. The largest absolute Gasteiger partial charge is 0.393 e. The monoisotopic (exact) mass is 254 g/mol. The smallest absolute Gasteiger partial charge is 0.317 e. The van der Waals surface area contributed by atoms with Crippen molar-refractivity contribution in [3.63, 3.8) is 0 Å². The standard InChI is InChI=1S/C14H26N2O2/c17-13-7-5-6-12(10-13)11-15-14(18)16-8-3-1-2-4-9-16/h12-13,17H,1-11H2,(H,15,18). The lowest BCUT2D eigenvalue weighted by atomic mass is 9.87. The molecule has 18 heavy (non-hydrogen) atoms. The fourth-order valence-electron chi connectivity index (χ4n) is 3.07. The van der Waals surface area contributed by atoms with Crippen molar-refractivity contribution in [2.45, 2.75) is 57.5 Å². The highest BCUT2D eigenvalue weighted by Gasteiger charge is 2.22. The Bertz CT molecular complexity index is 263. The van der Waals surface area contributed by atoms with Gasteiger partial charge >= 0.3 is 6.03 Å². The zero-order chi connectivity index (χ0) is 12.8. The predicted octanol–water partition coefficient (Wildman–Crippen LogP) is 2.12. The summed E-state index contributed by atoms with van der Waals surface area (Å²) in [5, 5.41) is 12.7. The number of nitrogens with one attached hydrogen (secondary N) is 1. The number of hydrogen-bond acceptors (Lipinski definition) is 2. The van der Waals surface area contributed by atoms with Crippen molar-refractivity contribution in [1.29, 1.82) is 0 Å². The van der Waals surface area contributed by atoms with E-state index in [0.29, 0.717) is 5.92 Å². The van der Waals surface area contributed by atoms with Gasteiger partial charge in [0.05, 0.1) is 6.10 Å². The molecule has 1 saturated heterocycles. The number of nitrogens with zero attached hydrogens (tertiary/aromatic N) is 1. The molecule has 0 aromatic carbocycles. The van der Waals surface area contributed by atoms with Crippen molar-refractivity contribution >= 4 is 6.03 Å². The van der Waals surface area contributed by atoms with E-state index in [9.17, 15) is 9.90 Å². The third-order valence-corrected chi connectivity index (χ3v) is 4.19. The second-order valence-electron chi connectivity index (χ2n) is 5.77. The fourth-order valence-corrected chi connectivity index (χ4v) is 3.07. The summed E-state index contributed by atoms with van der Waals surface area (Å²) in [5.74, 6) is 0.463. The quantitative estimate of drug-likeness (QED) is 0.793. The van der Waals surface area contributed by atoms with Gasteiger partial charge in [0, 0.05) is 19.6 Å². The van der Waals surface area contributed by atoms with Crippen LogP contribution in [0, 0.1) is 5.92 Å². The number of urea groups is 1. The molecule has 0 radical (unpaired) electrons. The van der Waals surface area contributed by atoms with E-state index in [1.165, 1.54) is 12.8 Å². The van der Waals surface area contributed by atoms with Gasteiger partial charge in [-0.15, -0.1) is 0 Å².